The van der Waals surface area contributed by atoms with Crippen LogP contribution in [0.25, 0.3) is 11.1 Å². The van der Waals surface area contributed by atoms with Gasteiger partial charge in [-0.25, -0.2) is 0 Å². The SMILES string of the molecule is Cc1ccc(N2C(=O)C(c3cccn3C)=C3C2=C(c2cccn2C)C(=O)N3c2ccc(C)cc2)cc1. The summed E-state index contributed by atoms with van der Waals surface area (Å²) >= 11 is 0. The summed E-state index contributed by atoms with van der Waals surface area (Å²) in [6.45, 7) is 4.03. The normalized spacial score (nSPS) is 15.6. The molecule has 2 aromatic heterocycles. The second-order valence-electron chi connectivity index (χ2n) is 9.41. The van der Waals surface area contributed by atoms with E-state index in [0.717, 1.165) is 33.9 Å². The van der Waals surface area contributed by atoms with Gasteiger partial charge in [-0.1, -0.05) is 35.4 Å². The van der Waals surface area contributed by atoms with Crippen molar-refractivity contribution in [3.05, 3.63) is 119 Å². The fraction of sp³-hybridized carbons (Fsp3) is 0.133. The van der Waals surface area contributed by atoms with Crippen LogP contribution < -0.4 is 9.80 Å². The lowest BCUT2D eigenvalue weighted by molar-refractivity contribution is -0.112. The van der Waals surface area contributed by atoms with Crippen LogP contribution in [0.15, 0.2) is 96.6 Å². The number of hydrogen-bond acceptors (Lipinski definition) is 2. The van der Waals surface area contributed by atoms with Gasteiger partial charge in [0.2, 0.25) is 0 Å². The van der Waals surface area contributed by atoms with E-state index in [1.54, 1.807) is 9.80 Å². The van der Waals surface area contributed by atoms with Gasteiger partial charge in [0.25, 0.3) is 11.8 Å². The van der Waals surface area contributed by atoms with Crippen LogP contribution in [0.4, 0.5) is 11.4 Å². The van der Waals surface area contributed by atoms with Crippen molar-refractivity contribution >= 4 is 34.3 Å². The molecule has 6 heteroatoms. The van der Waals surface area contributed by atoms with Crippen molar-refractivity contribution in [3.63, 3.8) is 0 Å². The van der Waals surface area contributed by atoms with Gasteiger partial charge in [-0.15, -0.1) is 0 Å². The molecule has 6 nitrogen and oxygen atoms in total. The molecule has 0 spiro atoms. The highest BCUT2D eigenvalue weighted by atomic mass is 16.2. The van der Waals surface area contributed by atoms with Gasteiger partial charge in [-0.2, -0.15) is 0 Å². The minimum absolute atomic E-state index is 0.151. The molecule has 4 heterocycles. The third kappa shape index (κ3) is 3.11. The van der Waals surface area contributed by atoms with Gasteiger partial charge in [-0.3, -0.25) is 19.4 Å². The maximum Gasteiger partial charge on any atom is 0.267 e. The van der Waals surface area contributed by atoms with E-state index in [4.69, 9.17) is 0 Å². The molecule has 178 valence electrons. The van der Waals surface area contributed by atoms with Gasteiger partial charge in [-0.05, 0) is 62.4 Å². The summed E-state index contributed by atoms with van der Waals surface area (Å²) in [5.74, 6) is -0.302. The van der Waals surface area contributed by atoms with Crippen LogP contribution in [0.3, 0.4) is 0 Å². The first-order valence-corrected chi connectivity index (χ1v) is 11.9. The number of anilines is 2. The number of carbonyl (C=O) groups excluding carboxylic acids is 2. The summed E-state index contributed by atoms with van der Waals surface area (Å²) in [4.78, 5) is 31.9. The molecule has 2 amide bonds. The van der Waals surface area contributed by atoms with Crippen molar-refractivity contribution in [1.82, 2.24) is 9.13 Å². The number of rotatable bonds is 4. The van der Waals surface area contributed by atoms with Crippen molar-refractivity contribution in [2.45, 2.75) is 13.8 Å². The number of aryl methyl sites for hydroxylation is 4. The van der Waals surface area contributed by atoms with E-state index in [0.29, 0.717) is 22.5 Å². The summed E-state index contributed by atoms with van der Waals surface area (Å²) in [6, 6.07) is 23.4. The first kappa shape index (κ1) is 21.9. The van der Waals surface area contributed by atoms with Gasteiger partial charge < -0.3 is 9.13 Å². The van der Waals surface area contributed by atoms with Crippen LogP contribution in [0, 0.1) is 13.8 Å². The van der Waals surface area contributed by atoms with E-state index in [1.807, 2.05) is 122 Å². The number of aromatic nitrogens is 2. The van der Waals surface area contributed by atoms with E-state index in [1.165, 1.54) is 0 Å². The largest absolute Gasteiger partial charge is 0.350 e. The fourth-order valence-electron chi connectivity index (χ4n) is 5.09. The predicted molar refractivity (Wildman–Crippen MR) is 142 cm³/mol. The number of carbonyl (C=O) groups is 2. The maximum atomic E-state index is 14.3. The standard InChI is InChI=1S/C30H26N4O2/c1-19-9-13-21(14-10-19)33-27-25(23-7-5-17-31(23)3)30(36)34(22-15-11-20(2)12-16-22)28(27)26(29(33)35)24-8-6-18-32(24)4/h5-18H,1-4H3. The molecule has 0 bridgehead atoms. The van der Waals surface area contributed by atoms with E-state index < -0.39 is 0 Å². The number of amides is 2. The van der Waals surface area contributed by atoms with E-state index >= 15 is 0 Å². The topological polar surface area (TPSA) is 50.5 Å². The molecule has 0 N–H and O–H groups in total. The zero-order chi connectivity index (χ0) is 25.1. The van der Waals surface area contributed by atoms with Crippen molar-refractivity contribution < 1.29 is 9.59 Å². The summed E-state index contributed by atoms with van der Waals surface area (Å²) in [5, 5.41) is 0. The Bertz CT molecular complexity index is 1480. The Morgan fingerprint density at radius 2 is 0.889 bits per heavy atom. The second-order valence-corrected chi connectivity index (χ2v) is 9.41. The fourth-order valence-corrected chi connectivity index (χ4v) is 5.09. The van der Waals surface area contributed by atoms with Gasteiger partial charge in [0, 0.05) is 37.9 Å². The van der Waals surface area contributed by atoms with Crippen LogP contribution in [0.2, 0.25) is 0 Å². The average Bonchev–Trinajstić information content (AvgIpc) is 3.60. The first-order valence-electron chi connectivity index (χ1n) is 11.9. The average molecular weight is 475 g/mol. The molecule has 6 rings (SSSR count). The minimum Gasteiger partial charge on any atom is -0.350 e. The molecule has 2 aromatic carbocycles. The molecule has 0 saturated carbocycles. The van der Waals surface area contributed by atoms with Crippen molar-refractivity contribution in [2.75, 3.05) is 9.80 Å². The van der Waals surface area contributed by atoms with Gasteiger partial charge >= 0.3 is 0 Å². The van der Waals surface area contributed by atoms with E-state index in [2.05, 4.69) is 0 Å². The van der Waals surface area contributed by atoms with Crippen molar-refractivity contribution in [3.8, 4) is 0 Å². The minimum atomic E-state index is -0.151. The van der Waals surface area contributed by atoms with E-state index in [9.17, 15) is 9.59 Å². The molecular formula is C30H26N4O2. The highest BCUT2D eigenvalue weighted by molar-refractivity contribution is 6.43. The monoisotopic (exact) mass is 474 g/mol. The third-order valence-electron chi connectivity index (χ3n) is 6.96. The van der Waals surface area contributed by atoms with Crippen LogP contribution in [0.5, 0.6) is 0 Å². The summed E-state index contributed by atoms with van der Waals surface area (Å²) in [7, 11) is 3.83. The Morgan fingerprint density at radius 3 is 1.19 bits per heavy atom. The molecule has 0 aliphatic carbocycles. The Kier molecular flexibility index (Phi) is 4.86. The lowest BCUT2D eigenvalue weighted by Crippen LogP contribution is -2.28. The molecular weight excluding hydrogens is 448 g/mol. The van der Waals surface area contributed by atoms with Gasteiger partial charge in [0.05, 0.1) is 33.9 Å². The summed E-state index contributed by atoms with van der Waals surface area (Å²) in [6.07, 6.45) is 3.83. The first-order chi connectivity index (χ1) is 17.4. The molecule has 2 aliphatic heterocycles. The highest BCUT2D eigenvalue weighted by Crippen LogP contribution is 2.50. The molecule has 0 atom stereocenters. The molecule has 36 heavy (non-hydrogen) atoms. The summed E-state index contributed by atoms with van der Waals surface area (Å²) < 4.78 is 3.85. The molecule has 0 fully saturated rings. The number of benzene rings is 2. The van der Waals surface area contributed by atoms with Crippen LogP contribution in [-0.4, -0.2) is 20.9 Å². The molecule has 0 radical (unpaired) electrons. The number of fused-ring (bicyclic) bond motifs is 1. The second kappa shape index (κ2) is 7.99. The zero-order valence-corrected chi connectivity index (χ0v) is 20.7. The zero-order valence-electron chi connectivity index (χ0n) is 20.7. The maximum absolute atomic E-state index is 14.3. The lowest BCUT2D eigenvalue weighted by atomic mass is 10.1. The number of nitrogens with zero attached hydrogens (tertiary/aromatic N) is 4. The Labute approximate surface area is 210 Å². The smallest absolute Gasteiger partial charge is 0.267 e. The van der Waals surface area contributed by atoms with Crippen LogP contribution in [-0.2, 0) is 23.7 Å². The highest BCUT2D eigenvalue weighted by Gasteiger charge is 2.50. The lowest BCUT2D eigenvalue weighted by Gasteiger charge is -2.20. The quantitative estimate of drug-likeness (QED) is 0.408. The molecule has 0 saturated heterocycles. The molecule has 4 aromatic rings. The van der Waals surface area contributed by atoms with Crippen LogP contribution in [0.1, 0.15) is 22.5 Å². The Hall–Kier alpha value is -4.58. The predicted octanol–water partition coefficient (Wildman–Crippen LogP) is 5.20. The number of hydrogen-bond donors (Lipinski definition) is 0. The van der Waals surface area contributed by atoms with E-state index in [-0.39, 0.29) is 11.8 Å². The van der Waals surface area contributed by atoms with Gasteiger partial charge in [0.15, 0.2) is 0 Å². The van der Waals surface area contributed by atoms with Gasteiger partial charge in [0.1, 0.15) is 0 Å². The van der Waals surface area contributed by atoms with Crippen LogP contribution >= 0.6 is 0 Å². The Morgan fingerprint density at radius 1 is 0.528 bits per heavy atom. The Balaban J connectivity index is 1.70. The van der Waals surface area contributed by atoms with Crippen molar-refractivity contribution in [1.29, 1.82) is 0 Å². The third-order valence-corrected chi connectivity index (χ3v) is 6.96. The summed E-state index contributed by atoms with van der Waals surface area (Å²) in [5.41, 5.74) is 7.44. The van der Waals surface area contributed by atoms with Crippen molar-refractivity contribution in [2.24, 2.45) is 14.1 Å². The molecule has 2 aliphatic rings. The molecule has 0 unspecified atom stereocenters.